The van der Waals surface area contributed by atoms with Crippen LogP contribution in [0.2, 0.25) is 0 Å². The van der Waals surface area contributed by atoms with Gasteiger partial charge in [0.2, 0.25) is 5.95 Å². The molecule has 6 nitrogen and oxygen atoms in total. The maximum absolute atomic E-state index is 5.34. The number of halogens is 1. The van der Waals surface area contributed by atoms with Gasteiger partial charge in [-0.05, 0) is 48.8 Å². The van der Waals surface area contributed by atoms with Gasteiger partial charge in [-0.1, -0.05) is 0 Å². The van der Waals surface area contributed by atoms with Gasteiger partial charge in [0.25, 0.3) is 0 Å². The highest BCUT2D eigenvalue weighted by molar-refractivity contribution is 14.1. The molecule has 2 rings (SSSR count). The molecule has 19 heavy (non-hydrogen) atoms. The highest BCUT2D eigenvalue weighted by Gasteiger charge is 2.09. The molecule has 2 aromatic rings. The number of nitrogens with one attached hydrogen (secondary N) is 1. The number of hydrogen-bond acceptors (Lipinski definition) is 6. The number of anilines is 1. The first-order valence-electron chi connectivity index (χ1n) is 5.76. The summed E-state index contributed by atoms with van der Waals surface area (Å²) in [5, 5.41) is 0. The van der Waals surface area contributed by atoms with Gasteiger partial charge < -0.3 is 9.32 Å². The Kier molecular flexibility index (Phi) is 5.11. The van der Waals surface area contributed by atoms with E-state index in [0.717, 1.165) is 15.8 Å². The van der Waals surface area contributed by atoms with Gasteiger partial charge in [-0.3, -0.25) is 4.84 Å². The van der Waals surface area contributed by atoms with Crippen LogP contribution < -0.4 is 5.48 Å². The van der Waals surface area contributed by atoms with Crippen LogP contribution >= 0.6 is 22.6 Å². The Labute approximate surface area is 125 Å². The number of furan rings is 1. The summed E-state index contributed by atoms with van der Waals surface area (Å²) in [6.45, 7) is 1.38. The Morgan fingerprint density at radius 1 is 1.47 bits per heavy atom. The average molecular weight is 374 g/mol. The van der Waals surface area contributed by atoms with Crippen molar-refractivity contribution in [1.29, 1.82) is 0 Å². The molecule has 0 bridgehead atoms. The van der Waals surface area contributed by atoms with Crippen molar-refractivity contribution in [1.82, 2.24) is 14.9 Å². The van der Waals surface area contributed by atoms with Gasteiger partial charge in [0, 0.05) is 12.7 Å². The van der Waals surface area contributed by atoms with Gasteiger partial charge in [-0.2, -0.15) is 0 Å². The Morgan fingerprint density at radius 2 is 2.32 bits per heavy atom. The zero-order chi connectivity index (χ0) is 13.7. The summed E-state index contributed by atoms with van der Waals surface area (Å²) < 4.78 is 6.26. The minimum Gasteiger partial charge on any atom is -0.463 e. The molecule has 0 saturated heterocycles. The first kappa shape index (κ1) is 14.2. The number of nitrogens with zero attached hydrogens (tertiary/aromatic N) is 3. The summed E-state index contributed by atoms with van der Waals surface area (Å²) in [5.74, 6) is 1.13. The Hall–Kier alpha value is -1.19. The van der Waals surface area contributed by atoms with Gasteiger partial charge >= 0.3 is 0 Å². The summed E-state index contributed by atoms with van der Waals surface area (Å²) >= 11 is 2.17. The lowest BCUT2D eigenvalue weighted by molar-refractivity contribution is 0.166. The second-order valence-electron chi connectivity index (χ2n) is 4.12. The highest BCUT2D eigenvalue weighted by atomic mass is 127. The molecule has 0 aliphatic rings. The van der Waals surface area contributed by atoms with E-state index < -0.39 is 0 Å². The van der Waals surface area contributed by atoms with Crippen LogP contribution in [0.3, 0.4) is 0 Å². The van der Waals surface area contributed by atoms with Crippen LogP contribution in [0.15, 0.2) is 29.0 Å². The molecular weight excluding hydrogens is 359 g/mol. The molecule has 0 fully saturated rings. The second-order valence-corrected chi connectivity index (χ2v) is 5.28. The predicted molar refractivity (Wildman–Crippen MR) is 80.6 cm³/mol. The molecule has 0 atom stereocenters. The lowest BCUT2D eigenvalue weighted by Gasteiger charge is -2.10. The maximum Gasteiger partial charge on any atom is 0.247 e. The molecule has 0 aliphatic carbocycles. The summed E-state index contributed by atoms with van der Waals surface area (Å²) in [6, 6.07) is 3.69. The van der Waals surface area contributed by atoms with Crippen molar-refractivity contribution in [3.05, 3.63) is 28.2 Å². The largest absolute Gasteiger partial charge is 0.463 e. The zero-order valence-corrected chi connectivity index (χ0v) is 12.9. The van der Waals surface area contributed by atoms with Gasteiger partial charge in [0.15, 0.2) is 5.76 Å². The van der Waals surface area contributed by atoms with Crippen molar-refractivity contribution in [2.45, 2.75) is 0 Å². The summed E-state index contributed by atoms with van der Waals surface area (Å²) in [5.41, 5.74) is 3.49. The molecule has 2 heterocycles. The first-order valence-corrected chi connectivity index (χ1v) is 6.83. The summed E-state index contributed by atoms with van der Waals surface area (Å²) in [7, 11) is 3.97. The average Bonchev–Trinajstić information content (AvgIpc) is 2.90. The number of rotatable bonds is 6. The van der Waals surface area contributed by atoms with Gasteiger partial charge in [-0.25, -0.2) is 15.4 Å². The maximum atomic E-state index is 5.34. The van der Waals surface area contributed by atoms with Gasteiger partial charge in [-0.15, -0.1) is 0 Å². The van der Waals surface area contributed by atoms with Crippen molar-refractivity contribution in [2.75, 3.05) is 32.7 Å². The molecule has 0 spiro atoms. The van der Waals surface area contributed by atoms with Crippen molar-refractivity contribution < 1.29 is 9.25 Å². The van der Waals surface area contributed by atoms with Crippen LogP contribution in [-0.4, -0.2) is 42.1 Å². The topological polar surface area (TPSA) is 63.4 Å². The molecule has 0 saturated carbocycles. The lowest BCUT2D eigenvalue weighted by Crippen LogP contribution is -2.20. The fourth-order valence-electron chi connectivity index (χ4n) is 1.35. The first-order chi connectivity index (χ1) is 9.16. The molecule has 7 heteroatoms. The van der Waals surface area contributed by atoms with Crippen LogP contribution in [-0.2, 0) is 4.84 Å². The van der Waals surface area contributed by atoms with Crippen LogP contribution in [0.4, 0.5) is 5.95 Å². The Balaban J connectivity index is 2.01. The monoisotopic (exact) mass is 374 g/mol. The van der Waals surface area contributed by atoms with Gasteiger partial charge in [0.1, 0.15) is 5.69 Å². The van der Waals surface area contributed by atoms with E-state index in [4.69, 9.17) is 9.25 Å². The third kappa shape index (κ3) is 4.15. The van der Waals surface area contributed by atoms with Crippen molar-refractivity contribution >= 4 is 28.5 Å². The Bertz CT molecular complexity index is 516. The normalized spacial score (nSPS) is 10.9. The standard InChI is InChI=1S/C12H15IN4O2/c1-17(2)5-7-19-16-12-14-8-9(13)11(15-12)10-4-3-6-18-10/h3-4,6,8H,5,7H2,1-2H3,(H,14,15,16). The number of likely N-dealkylation sites (N-methyl/N-ethyl adjacent to an activating group) is 1. The number of hydrogen-bond donors (Lipinski definition) is 1. The second kappa shape index (κ2) is 6.83. The van der Waals surface area contributed by atoms with E-state index in [1.807, 2.05) is 31.1 Å². The minimum atomic E-state index is 0.422. The third-order valence-corrected chi connectivity index (χ3v) is 3.09. The SMILES string of the molecule is CN(C)CCONc1ncc(I)c(-c2ccco2)n1. The highest BCUT2D eigenvalue weighted by Crippen LogP contribution is 2.23. The van der Waals surface area contributed by atoms with E-state index in [1.165, 1.54) is 0 Å². The van der Waals surface area contributed by atoms with Gasteiger partial charge in [0.05, 0.1) is 16.4 Å². The number of aromatic nitrogens is 2. The van der Waals surface area contributed by atoms with Crippen LogP contribution in [0.25, 0.3) is 11.5 Å². The van der Waals surface area contributed by atoms with Crippen LogP contribution in [0.5, 0.6) is 0 Å². The van der Waals surface area contributed by atoms with E-state index in [-0.39, 0.29) is 0 Å². The molecule has 0 radical (unpaired) electrons. The molecule has 0 unspecified atom stereocenters. The molecule has 0 amide bonds. The molecular formula is C12H15IN4O2. The molecule has 0 aromatic carbocycles. The third-order valence-electron chi connectivity index (χ3n) is 2.30. The molecule has 102 valence electrons. The van der Waals surface area contributed by atoms with E-state index in [1.54, 1.807) is 12.5 Å². The molecule has 2 aromatic heterocycles. The summed E-state index contributed by atoms with van der Waals surface area (Å²) in [6.07, 6.45) is 3.34. The van der Waals surface area contributed by atoms with E-state index >= 15 is 0 Å². The van der Waals surface area contributed by atoms with E-state index in [9.17, 15) is 0 Å². The summed E-state index contributed by atoms with van der Waals surface area (Å²) in [4.78, 5) is 15.9. The van der Waals surface area contributed by atoms with E-state index in [2.05, 4.69) is 38.0 Å². The smallest absolute Gasteiger partial charge is 0.247 e. The van der Waals surface area contributed by atoms with Crippen molar-refractivity contribution in [2.24, 2.45) is 0 Å². The van der Waals surface area contributed by atoms with Crippen molar-refractivity contribution in [3.63, 3.8) is 0 Å². The molecule has 1 N–H and O–H groups in total. The fraction of sp³-hybridized carbons (Fsp3) is 0.333. The zero-order valence-electron chi connectivity index (χ0n) is 10.8. The minimum absolute atomic E-state index is 0.422. The quantitative estimate of drug-likeness (QED) is 0.476. The van der Waals surface area contributed by atoms with Crippen molar-refractivity contribution in [3.8, 4) is 11.5 Å². The predicted octanol–water partition coefficient (Wildman–Crippen LogP) is 2.25. The lowest BCUT2D eigenvalue weighted by atomic mass is 10.3. The van der Waals surface area contributed by atoms with Crippen LogP contribution in [0.1, 0.15) is 0 Å². The van der Waals surface area contributed by atoms with E-state index in [0.29, 0.717) is 18.3 Å². The Morgan fingerprint density at radius 3 is 3.00 bits per heavy atom. The van der Waals surface area contributed by atoms with Crippen LogP contribution in [0, 0.1) is 3.57 Å². The molecule has 0 aliphatic heterocycles. The fourth-order valence-corrected chi connectivity index (χ4v) is 1.87.